The lowest BCUT2D eigenvalue weighted by Crippen LogP contribution is -2.39. The predicted octanol–water partition coefficient (Wildman–Crippen LogP) is 3.26. The van der Waals surface area contributed by atoms with Crippen LogP contribution in [-0.2, 0) is 22.6 Å². The fraction of sp³-hybridized carbons (Fsp3) is 0.320. The van der Waals surface area contributed by atoms with Crippen molar-refractivity contribution in [1.29, 1.82) is 0 Å². The van der Waals surface area contributed by atoms with Crippen molar-refractivity contribution < 1.29 is 19.1 Å². The second-order valence-corrected chi connectivity index (χ2v) is 8.80. The molecule has 1 aliphatic heterocycles. The van der Waals surface area contributed by atoms with Crippen LogP contribution >= 0.6 is 11.3 Å². The third-order valence-electron chi connectivity index (χ3n) is 5.59. The highest BCUT2D eigenvalue weighted by molar-refractivity contribution is 7.11. The minimum Gasteiger partial charge on any atom is -0.497 e. The molecule has 33 heavy (non-hydrogen) atoms. The molecule has 0 bridgehead atoms. The van der Waals surface area contributed by atoms with Gasteiger partial charge in [0.1, 0.15) is 17.2 Å². The lowest BCUT2D eigenvalue weighted by molar-refractivity contribution is -0.131. The quantitative estimate of drug-likeness (QED) is 0.511. The molecular weight excluding hydrogens is 438 g/mol. The van der Waals surface area contributed by atoms with E-state index >= 15 is 0 Å². The van der Waals surface area contributed by atoms with Crippen molar-refractivity contribution in [3.05, 3.63) is 82.3 Å². The molecule has 4 rings (SSSR count). The van der Waals surface area contributed by atoms with E-state index in [4.69, 9.17) is 9.47 Å². The summed E-state index contributed by atoms with van der Waals surface area (Å²) in [6, 6.07) is 17.8. The van der Waals surface area contributed by atoms with Crippen LogP contribution in [0.1, 0.15) is 20.8 Å². The zero-order valence-corrected chi connectivity index (χ0v) is 19.4. The van der Waals surface area contributed by atoms with Crippen molar-refractivity contribution in [2.45, 2.75) is 19.1 Å². The minimum absolute atomic E-state index is 0.0323. The van der Waals surface area contributed by atoms with Gasteiger partial charge in [0.15, 0.2) is 0 Å². The summed E-state index contributed by atoms with van der Waals surface area (Å²) in [7, 11) is 1.63. The zero-order chi connectivity index (χ0) is 23.0. The van der Waals surface area contributed by atoms with E-state index in [0.29, 0.717) is 31.1 Å². The smallest absolute Gasteiger partial charge is 0.266 e. The second kappa shape index (κ2) is 11.1. The zero-order valence-electron chi connectivity index (χ0n) is 18.6. The van der Waals surface area contributed by atoms with Crippen LogP contribution in [-0.4, -0.2) is 66.0 Å². The third kappa shape index (κ3) is 6.18. The highest BCUT2D eigenvalue weighted by atomic mass is 32.1. The number of hydrogen-bond acceptors (Lipinski definition) is 6. The Morgan fingerprint density at radius 2 is 1.94 bits per heavy atom. The van der Waals surface area contributed by atoms with E-state index in [1.807, 2.05) is 47.4 Å². The van der Waals surface area contributed by atoms with Crippen molar-refractivity contribution in [2.75, 3.05) is 33.3 Å². The number of carbonyl (C=O) groups is 2. The van der Waals surface area contributed by atoms with E-state index in [1.165, 1.54) is 16.9 Å². The average Bonchev–Trinajstić information content (AvgIpc) is 3.34. The summed E-state index contributed by atoms with van der Waals surface area (Å²) in [6.07, 6.45) is 1.98. The standard InChI is InChI=1S/C25H27N3O4S/c1-31-21-9-5-8-20(12-21)17-32-22-14-27(11-10-19-6-3-2-4-7-19)24(29)16-28(15-22)25(30)23-13-26-18-33-23/h2-9,12-13,18,22H,10-11,14-17H2,1H3. The number of nitrogens with zero attached hydrogens (tertiary/aromatic N) is 3. The number of ether oxygens (including phenoxy) is 2. The van der Waals surface area contributed by atoms with Gasteiger partial charge >= 0.3 is 0 Å². The molecule has 1 saturated heterocycles. The molecule has 1 aliphatic rings. The van der Waals surface area contributed by atoms with Gasteiger partial charge in [0.05, 0.1) is 31.5 Å². The monoisotopic (exact) mass is 465 g/mol. The predicted molar refractivity (Wildman–Crippen MR) is 126 cm³/mol. The number of carbonyl (C=O) groups excluding carboxylic acids is 2. The van der Waals surface area contributed by atoms with Crippen LogP contribution in [0, 0.1) is 0 Å². The van der Waals surface area contributed by atoms with Crippen LogP contribution in [0.3, 0.4) is 0 Å². The Morgan fingerprint density at radius 3 is 2.70 bits per heavy atom. The summed E-state index contributed by atoms with van der Waals surface area (Å²) in [5, 5.41) is 0. The van der Waals surface area contributed by atoms with E-state index in [1.54, 1.807) is 23.7 Å². The number of amides is 2. The second-order valence-electron chi connectivity index (χ2n) is 7.91. The van der Waals surface area contributed by atoms with Crippen LogP contribution in [0.25, 0.3) is 0 Å². The molecule has 1 fully saturated rings. The van der Waals surface area contributed by atoms with Crippen LogP contribution in [0.2, 0.25) is 0 Å². The van der Waals surface area contributed by atoms with Gasteiger partial charge in [0.25, 0.3) is 5.91 Å². The lowest BCUT2D eigenvalue weighted by atomic mass is 10.1. The molecule has 2 aromatic carbocycles. The maximum Gasteiger partial charge on any atom is 0.266 e. The lowest BCUT2D eigenvalue weighted by Gasteiger charge is -2.25. The Hall–Kier alpha value is -3.23. The molecule has 0 radical (unpaired) electrons. The van der Waals surface area contributed by atoms with Crippen LogP contribution in [0.15, 0.2) is 66.3 Å². The third-order valence-corrected chi connectivity index (χ3v) is 6.35. The Balaban J connectivity index is 1.48. The van der Waals surface area contributed by atoms with Gasteiger partial charge in [0.2, 0.25) is 5.91 Å². The first kappa shape index (κ1) is 22.9. The fourth-order valence-electron chi connectivity index (χ4n) is 3.82. The van der Waals surface area contributed by atoms with E-state index in [0.717, 1.165) is 17.7 Å². The van der Waals surface area contributed by atoms with Gasteiger partial charge in [-0.15, -0.1) is 11.3 Å². The largest absolute Gasteiger partial charge is 0.497 e. The maximum atomic E-state index is 13.1. The van der Waals surface area contributed by atoms with Crippen molar-refractivity contribution in [2.24, 2.45) is 0 Å². The van der Waals surface area contributed by atoms with Gasteiger partial charge in [-0.2, -0.15) is 0 Å². The Morgan fingerprint density at radius 1 is 1.12 bits per heavy atom. The van der Waals surface area contributed by atoms with Gasteiger partial charge in [-0.25, -0.2) is 0 Å². The number of aromatic nitrogens is 1. The summed E-state index contributed by atoms with van der Waals surface area (Å²) in [5.74, 6) is 0.501. The number of thiazole rings is 1. The first-order chi connectivity index (χ1) is 16.1. The van der Waals surface area contributed by atoms with Crippen LogP contribution in [0.4, 0.5) is 0 Å². The highest BCUT2D eigenvalue weighted by Crippen LogP contribution is 2.18. The Bertz CT molecular complexity index is 1060. The van der Waals surface area contributed by atoms with Gasteiger partial charge in [-0.05, 0) is 29.7 Å². The molecule has 0 saturated carbocycles. The summed E-state index contributed by atoms with van der Waals surface area (Å²) < 4.78 is 11.5. The van der Waals surface area contributed by atoms with Gasteiger partial charge in [-0.1, -0.05) is 42.5 Å². The number of methoxy groups -OCH3 is 1. The molecule has 1 atom stereocenters. The molecule has 1 unspecified atom stereocenters. The molecule has 0 spiro atoms. The summed E-state index contributed by atoms with van der Waals surface area (Å²) in [6.45, 7) is 1.75. The van der Waals surface area contributed by atoms with Gasteiger partial charge in [0, 0.05) is 19.6 Å². The number of rotatable bonds is 8. The molecular formula is C25H27N3O4S. The van der Waals surface area contributed by atoms with Crippen LogP contribution < -0.4 is 4.74 Å². The minimum atomic E-state index is -0.310. The number of benzene rings is 2. The summed E-state index contributed by atoms with van der Waals surface area (Å²) >= 11 is 1.27. The first-order valence-corrected chi connectivity index (χ1v) is 11.7. The molecule has 0 N–H and O–H groups in total. The molecule has 2 amide bonds. The van der Waals surface area contributed by atoms with Crippen molar-refractivity contribution >= 4 is 23.2 Å². The molecule has 1 aromatic heterocycles. The molecule has 8 heteroatoms. The summed E-state index contributed by atoms with van der Waals surface area (Å²) in [5.41, 5.74) is 3.76. The summed E-state index contributed by atoms with van der Waals surface area (Å²) in [4.78, 5) is 34.0. The SMILES string of the molecule is COc1cccc(COC2CN(CCc3ccccc3)C(=O)CN(C(=O)c3cncs3)C2)c1. The first-order valence-electron chi connectivity index (χ1n) is 10.9. The van der Waals surface area contributed by atoms with E-state index in [-0.39, 0.29) is 24.5 Å². The van der Waals surface area contributed by atoms with E-state index in [2.05, 4.69) is 17.1 Å². The van der Waals surface area contributed by atoms with Crippen LogP contribution in [0.5, 0.6) is 5.75 Å². The van der Waals surface area contributed by atoms with Crippen molar-refractivity contribution in [3.63, 3.8) is 0 Å². The average molecular weight is 466 g/mol. The molecule has 0 aliphatic carbocycles. The molecule has 2 heterocycles. The molecule has 3 aromatic rings. The topological polar surface area (TPSA) is 72.0 Å². The Labute approximate surface area is 197 Å². The van der Waals surface area contributed by atoms with Gasteiger partial charge in [-0.3, -0.25) is 14.6 Å². The van der Waals surface area contributed by atoms with Crippen molar-refractivity contribution in [1.82, 2.24) is 14.8 Å². The molecule has 7 nitrogen and oxygen atoms in total. The maximum absolute atomic E-state index is 13.1. The fourth-order valence-corrected chi connectivity index (χ4v) is 4.40. The highest BCUT2D eigenvalue weighted by Gasteiger charge is 2.31. The Kier molecular flexibility index (Phi) is 7.70. The molecule has 172 valence electrons. The van der Waals surface area contributed by atoms with E-state index < -0.39 is 0 Å². The number of hydrogen-bond donors (Lipinski definition) is 0. The van der Waals surface area contributed by atoms with Crippen molar-refractivity contribution in [3.8, 4) is 5.75 Å². The van der Waals surface area contributed by atoms with E-state index in [9.17, 15) is 9.59 Å². The van der Waals surface area contributed by atoms with Gasteiger partial charge < -0.3 is 19.3 Å². The normalized spacial score (nSPS) is 16.5.